The first-order chi connectivity index (χ1) is 15.9. The van der Waals surface area contributed by atoms with Gasteiger partial charge in [0.05, 0.1) is 13.1 Å². The number of hydrogen-bond donors (Lipinski definition) is 0. The Kier molecular flexibility index (Phi) is 9.98. The normalized spacial score (nSPS) is 14.9. The van der Waals surface area contributed by atoms with E-state index in [1.807, 2.05) is 28.0 Å². The Morgan fingerprint density at radius 1 is 1.00 bits per heavy atom. The minimum absolute atomic E-state index is 0.0300. The van der Waals surface area contributed by atoms with Crippen molar-refractivity contribution < 1.29 is 9.59 Å². The molecule has 1 aliphatic rings. The molecule has 0 unspecified atom stereocenters. The van der Waals surface area contributed by atoms with Crippen LogP contribution in [0.3, 0.4) is 0 Å². The lowest BCUT2D eigenvalue weighted by Gasteiger charge is -2.29. The third-order valence-electron chi connectivity index (χ3n) is 6.86. The van der Waals surface area contributed by atoms with E-state index in [2.05, 4.69) is 45.0 Å². The molecule has 0 bridgehead atoms. The Balaban J connectivity index is 1.70. The van der Waals surface area contributed by atoms with Crippen molar-refractivity contribution >= 4 is 23.2 Å². The van der Waals surface area contributed by atoms with Crippen LogP contribution < -0.4 is 0 Å². The molecule has 0 N–H and O–H groups in total. The fourth-order valence-electron chi connectivity index (χ4n) is 4.60. The first-order valence-corrected chi connectivity index (χ1v) is 13.4. The molecule has 1 heterocycles. The minimum atomic E-state index is 0.0300. The Morgan fingerprint density at radius 3 is 2.36 bits per heavy atom. The molecule has 1 fully saturated rings. The second-order valence-corrected chi connectivity index (χ2v) is 11.1. The van der Waals surface area contributed by atoms with E-state index in [1.54, 1.807) is 11.3 Å². The lowest BCUT2D eigenvalue weighted by Crippen LogP contribution is -2.44. The zero-order valence-corrected chi connectivity index (χ0v) is 21.4. The predicted molar refractivity (Wildman–Crippen MR) is 137 cm³/mol. The van der Waals surface area contributed by atoms with E-state index in [4.69, 9.17) is 0 Å². The molecule has 1 aliphatic carbocycles. The van der Waals surface area contributed by atoms with Crippen molar-refractivity contribution in [2.45, 2.75) is 78.8 Å². The van der Waals surface area contributed by atoms with Gasteiger partial charge in [-0.25, -0.2) is 0 Å². The summed E-state index contributed by atoms with van der Waals surface area (Å²) in [6.45, 7) is 8.37. The number of carbonyl (C=O) groups excluding carboxylic acids is 2. The van der Waals surface area contributed by atoms with Crippen molar-refractivity contribution in [1.29, 1.82) is 0 Å². The van der Waals surface area contributed by atoms with Gasteiger partial charge in [0.25, 0.3) is 0 Å². The summed E-state index contributed by atoms with van der Waals surface area (Å²) in [7, 11) is 0. The number of aryl methyl sites for hydroxylation is 1. The number of carbonyl (C=O) groups is 2. The van der Waals surface area contributed by atoms with Gasteiger partial charge in [-0.2, -0.15) is 0 Å². The first kappa shape index (κ1) is 25.5. The van der Waals surface area contributed by atoms with E-state index < -0.39 is 0 Å². The highest BCUT2D eigenvalue weighted by atomic mass is 32.1. The molecule has 2 amide bonds. The number of benzene rings is 1. The average Bonchev–Trinajstić information content (AvgIpc) is 3.48. The van der Waals surface area contributed by atoms with Crippen LogP contribution in [0.5, 0.6) is 0 Å². The molecule has 1 saturated carbocycles. The van der Waals surface area contributed by atoms with Gasteiger partial charge in [0, 0.05) is 29.3 Å². The van der Waals surface area contributed by atoms with Crippen LogP contribution in [-0.4, -0.2) is 34.7 Å². The summed E-state index contributed by atoms with van der Waals surface area (Å²) < 4.78 is 0. The summed E-state index contributed by atoms with van der Waals surface area (Å²) in [5.74, 6) is 1.24. The first-order valence-electron chi connectivity index (χ1n) is 12.6. The molecule has 0 aliphatic heterocycles. The van der Waals surface area contributed by atoms with Gasteiger partial charge in [-0.1, -0.05) is 76.3 Å². The summed E-state index contributed by atoms with van der Waals surface area (Å²) in [5, 5.41) is 0. The van der Waals surface area contributed by atoms with Crippen LogP contribution in [0.1, 0.15) is 74.1 Å². The fourth-order valence-corrected chi connectivity index (χ4v) is 5.51. The van der Waals surface area contributed by atoms with Crippen LogP contribution in [0.2, 0.25) is 0 Å². The molecule has 1 aromatic carbocycles. The molecule has 1 aromatic heterocycles. The summed E-state index contributed by atoms with van der Waals surface area (Å²) in [6.07, 6.45) is 7.63. The Morgan fingerprint density at radius 2 is 1.73 bits per heavy atom. The summed E-state index contributed by atoms with van der Waals surface area (Å²) in [4.78, 5) is 32.9. The Labute approximate surface area is 204 Å². The molecule has 0 radical (unpaired) electrons. The predicted octanol–water partition coefficient (Wildman–Crippen LogP) is 6.43. The van der Waals surface area contributed by atoms with Gasteiger partial charge < -0.3 is 9.80 Å². The van der Waals surface area contributed by atoms with Gasteiger partial charge in [0.2, 0.25) is 11.8 Å². The van der Waals surface area contributed by atoms with Crippen LogP contribution in [0.25, 0.3) is 0 Å². The molecule has 5 heteroatoms. The molecule has 180 valence electrons. The maximum Gasteiger partial charge on any atom is 0.242 e. The van der Waals surface area contributed by atoms with Gasteiger partial charge in [-0.15, -0.1) is 11.3 Å². The van der Waals surface area contributed by atoms with E-state index in [1.165, 1.54) is 35.4 Å². The quantitative estimate of drug-likeness (QED) is 0.360. The van der Waals surface area contributed by atoms with Gasteiger partial charge in [-0.05, 0) is 42.9 Å². The van der Waals surface area contributed by atoms with Crippen molar-refractivity contribution in [3.05, 3.63) is 57.8 Å². The largest absolute Gasteiger partial charge is 0.333 e. The highest BCUT2D eigenvalue weighted by Crippen LogP contribution is 2.29. The number of hydrogen-bond acceptors (Lipinski definition) is 3. The van der Waals surface area contributed by atoms with E-state index in [0.717, 1.165) is 18.4 Å². The molecule has 0 spiro atoms. The van der Waals surface area contributed by atoms with Gasteiger partial charge in [0.15, 0.2) is 0 Å². The monoisotopic (exact) mass is 468 g/mol. The summed E-state index contributed by atoms with van der Waals surface area (Å²) >= 11 is 1.73. The van der Waals surface area contributed by atoms with Crippen LogP contribution in [0.4, 0.5) is 0 Å². The smallest absolute Gasteiger partial charge is 0.242 e. The molecule has 4 nitrogen and oxygen atoms in total. The molecule has 1 atom stereocenters. The molecule has 2 aromatic rings. The van der Waals surface area contributed by atoms with Gasteiger partial charge in [-0.3, -0.25) is 9.59 Å². The van der Waals surface area contributed by atoms with Crippen LogP contribution >= 0.6 is 11.3 Å². The number of amides is 2. The third kappa shape index (κ3) is 8.29. The lowest BCUT2D eigenvalue weighted by molar-refractivity contribution is -0.141. The van der Waals surface area contributed by atoms with Crippen molar-refractivity contribution in [3.63, 3.8) is 0 Å². The molecular weight excluding hydrogens is 428 g/mol. The second kappa shape index (κ2) is 12.9. The zero-order valence-electron chi connectivity index (χ0n) is 20.6. The lowest BCUT2D eigenvalue weighted by atomic mass is 10.0. The van der Waals surface area contributed by atoms with E-state index in [9.17, 15) is 9.59 Å². The fraction of sp³-hybridized carbons (Fsp3) is 0.571. The van der Waals surface area contributed by atoms with E-state index in [0.29, 0.717) is 37.9 Å². The Bertz CT molecular complexity index is 873. The highest BCUT2D eigenvalue weighted by molar-refractivity contribution is 7.11. The second-order valence-electron chi connectivity index (χ2n) is 9.72. The topological polar surface area (TPSA) is 40.6 Å². The van der Waals surface area contributed by atoms with Crippen molar-refractivity contribution in [3.8, 4) is 0 Å². The zero-order chi connectivity index (χ0) is 23.6. The van der Waals surface area contributed by atoms with Crippen LogP contribution in [-0.2, 0) is 22.7 Å². The van der Waals surface area contributed by atoms with E-state index in [-0.39, 0.29) is 18.4 Å². The molecule has 33 heavy (non-hydrogen) atoms. The van der Waals surface area contributed by atoms with Crippen molar-refractivity contribution in [2.75, 3.05) is 13.1 Å². The summed E-state index contributed by atoms with van der Waals surface area (Å²) in [6, 6.07) is 14.3. The Hall–Kier alpha value is -2.14. The average molecular weight is 469 g/mol. The number of rotatable bonds is 12. The molecule has 0 saturated heterocycles. The van der Waals surface area contributed by atoms with E-state index >= 15 is 0 Å². The number of nitrogens with zero attached hydrogens (tertiary/aromatic N) is 2. The standard InChI is InChI=1S/C28H40N2O2S/c1-4-22(2)18-29(27(31)17-15-24-10-8-9-11-24)21-28(32)30(19-25-12-6-5-7-13-25)20-26-16-14-23(3)33-26/h5-7,12-14,16,22,24H,4,8-11,15,17-21H2,1-3H3/t22-/m0/s1. The maximum atomic E-state index is 13.5. The SMILES string of the molecule is CC[C@H](C)CN(CC(=O)N(Cc1ccccc1)Cc1ccc(C)s1)C(=O)CCC1CCCC1. The van der Waals surface area contributed by atoms with Gasteiger partial charge >= 0.3 is 0 Å². The van der Waals surface area contributed by atoms with Crippen LogP contribution in [0, 0.1) is 18.8 Å². The van der Waals surface area contributed by atoms with Crippen LogP contribution in [0.15, 0.2) is 42.5 Å². The summed E-state index contributed by atoms with van der Waals surface area (Å²) in [5.41, 5.74) is 1.11. The maximum absolute atomic E-state index is 13.5. The highest BCUT2D eigenvalue weighted by Gasteiger charge is 2.24. The molecular formula is C28H40N2O2S. The third-order valence-corrected chi connectivity index (χ3v) is 7.85. The number of thiophene rings is 1. The van der Waals surface area contributed by atoms with Crippen molar-refractivity contribution in [1.82, 2.24) is 9.80 Å². The molecule has 3 rings (SSSR count). The van der Waals surface area contributed by atoms with Crippen molar-refractivity contribution in [2.24, 2.45) is 11.8 Å². The van der Waals surface area contributed by atoms with Gasteiger partial charge in [0.1, 0.15) is 0 Å². The minimum Gasteiger partial charge on any atom is -0.333 e.